The first-order valence-corrected chi connectivity index (χ1v) is 9.14. The van der Waals surface area contributed by atoms with Gasteiger partial charge in [-0.25, -0.2) is 0 Å². The molecule has 7 nitrogen and oxygen atoms in total. The highest BCUT2D eigenvalue weighted by atomic mass is 32.2. The average Bonchev–Trinajstić information content (AvgIpc) is 2.66. The number of thioether (sulfide) groups is 1. The molecule has 0 spiro atoms. The zero-order valence-corrected chi connectivity index (χ0v) is 15.5. The van der Waals surface area contributed by atoms with Gasteiger partial charge in [0.2, 0.25) is 11.8 Å². The van der Waals surface area contributed by atoms with Gasteiger partial charge >= 0.3 is 0 Å². The lowest BCUT2D eigenvalue weighted by Gasteiger charge is -2.17. The Morgan fingerprint density at radius 1 is 1.00 bits per heavy atom. The number of hydrogen-bond acceptors (Lipinski definition) is 6. The van der Waals surface area contributed by atoms with E-state index in [-0.39, 0.29) is 12.2 Å². The van der Waals surface area contributed by atoms with E-state index in [4.69, 9.17) is 4.74 Å². The lowest BCUT2D eigenvalue weighted by Crippen LogP contribution is -2.37. The highest BCUT2D eigenvalue weighted by Crippen LogP contribution is 2.24. The maximum absolute atomic E-state index is 12.1. The molecule has 2 aromatic rings. The standard InChI is InChI=1S/C19H20N2O5S/c1-26-15-10-6-5-9-14(15)21-18(23)12-27-16(19(24)25)11-17(22)20-13-7-3-2-4-8-13/h2-10,16H,11-12H2,1H3,(H,20,22)(H,21,23)(H,24,25)/p-1/t16-/m0/s1. The molecule has 0 heterocycles. The maximum Gasteiger partial charge on any atom is 0.234 e. The van der Waals surface area contributed by atoms with Gasteiger partial charge < -0.3 is 25.3 Å². The molecule has 0 aliphatic heterocycles. The SMILES string of the molecule is COc1ccccc1NC(=O)CS[C@@H](CC(=O)Nc1ccccc1)C(=O)[O-]. The molecule has 2 N–H and O–H groups in total. The van der Waals surface area contributed by atoms with Crippen LogP contribution < -0.4 is 20.5 Å². The van der Waals surface area contributed by atoms with Gasteiger partial charge in [-0.05, 0) is 24.3 Å². The maximum atomic E-state index is 12.1. The van der Waals surface area contributed by atoms with Crippen molar-refractivity contribution in [3.8, 4) is 5.75 Å². The lowest BCUT2D eigenvalue weighted by molar-refractivity contribution is -0.304. The molecule has 0 aliphatic rings. The second-order valence-electron chi connectivity index (χ2n) is 5.49. The second kappa shape index (κ2) is 10.2. The molecule has 0 saturated heterocycles. The topological polar surface area (TPSA) is 108 Å². The number of benzene rings is 2. The number of nitrogens with one attached hydrogen (secondary N) is 2. The molecule has 0 fully saturated rings. The molecule has 2 rings (SSSR count). The van der Waals surface area contributed by atoms with Crippen LogP contribution >= 0.6 is 11.8 Å². The van der Waals surface area contributed by atoms with Crippen molar-refractivity contribution >= 4 is 40.9 Å². The van der Waals surface area contributed by atoms with Gasteiger partial charge in [0.05, 0.1) is 29.8 Å². The van der Waals surface area contributed by atoms with Crippen molar-refractivity contribution in [2.75, 3.05) is 23.5 Å². The predicted molar refractivity (Wildman–Crippen MR) is 103 cm³/mol. The fraction of sp³-hybridized carbons (Fsp3) is 0.211. The van der Waals surface area contributed by atoms with Crippen LogP contribution in [-0.2, 0) is 14.4 Å². The smallest absolute Gasteiger partial charge is 0.234 e. The number of carboxylic acids is 1. The van der Waals surface area contributed by atoms with Crippen molar-refractivity contribution in [3.05, 3.63) is 54.6 Å². The van der Waals surface area contributed by atoms with Gasteiger partial charge in [-0.2, -0.15) is 0 Å². The zero-order chi connectivity index (χ0) is 19.6. The molecule has 0 unspecified atom stereocenters. The number of anilines is 2. The van der Waals surface area contributed by atoms with Gasteiger partial charge in [-0.15, -0.1) is 11.8 Å². The van der Waals surface area contributed by atoms with Crippen molar-refractivity contribution in [3.63, 3.8) is 0 Å². The fourth-order valence-corrected chi connectivity index (χ4v) is 3.05. The Labute approximate surface area is 161 Å². The summed E-state index contributed by atoms with van der Waals surface area (Å²) < 4.78 is 5.14. The summed E-state index contributed by atoms with van der Waals surface area (Å²) in [7, 11) is 1.48. The molecular formula is C19H19N2O5S-. The number of carbonyl (C=O) groups excluding carboxylic acids is 3. The van der Waals surface area contributed by atoms with Crippen molar-refractivity contribution in [1.29, 1.82) is 0 Å². The van der Waals surface area contributed by atoms with E-state index >= 15 is 0 Å². The van der Waals surface area contributed by atoms with E-state index in [2.05, 4.69) is 10.6 Å². The highest BCUT2D eigenvalue weighted by molar-refractivity contribution is 8.01. The quantitative estimate of drug-likeness (QED) is 0.675. The Balaban J connectivity index is 1.87. The van der Waals surface area contributed by atoms with E-state index in [0.717, 1.165) is 11.8 Å². The number of carbonyl (C=O) groups is 3. The summed E-state index contributed by atoms with van der Waals surface area (Å²) in [6, 6.07) is 15.6. The van der Waals surface area contributed by atoms with Gasteiger partial charge in [0.25, 0.3) is 0 Å². The van der Waals surface area contributed by atoms with Gasteiger partial charge in [-0.3, -0.25) is 9.59 Å². The largest absolute Gasteiger partial charge is 0.549 e. The van der Waals surface area contributed by atoms with Gasteiger partial charge in [0, 0.05) is 12.1 Å². The first kappa shape index (κ1) is 20.3. The third kappa shape index (κ3) is 6.67. The number of carboxylic acid groups (broad SMARTS) is 1. The summed E-state index contributed by atoms with van der Waals surface area (Å²) in [4.78, 5) is 35.4. The van der Waals surface area contributed by atoms with E-state index in [0.29, 0.717) is 17.1 Å². The van der Waals surface area contributed by atoms with Crippen molar-refractivity contribution < 1.29 is 24.2 Å². The number of methoxy groups -OCH3 is 1. The Morgan fingerprint density at radius 3 is 2.33 bits per heavy atom. The molecule has 0 aromatic heterocycles. The van der Waals surface area contributed by atoms with Crippen LogP contribution in [0.5, 0.6) is 5.75 Å². The molecule has 8 heteroatoms. The van der Waals surface area contributed by atoms with Crippen LogP contribution in [0.3, 0.4) is 0 Å². The molecule has 0 radical (unpaired) electrons. The summed E-state index contributed by atoms with van der Waals surface area (Å²) in [6.07, 6.45) is -0.302. The molecule has 2 amide bonds. The number of aliphatic carboxylic acids is 1. The Bertz CT molecular complexity index is 798. The predicted octanol–water partition coefficient (Wildman–Crippen LogP) is 1.51. The molecule has 0 aliphatic carbocycles. The average molecular weight is 387 g/mol. The normalized spacial score (nSPS) is 11.3. The van der Waals surface area contributed by atoms with Crippen LogP contribution in [0.4, 0.5) is 11.4 Å². The third-order valence-electron chi connectivity index (χ3n) is 3.49. The van der Waals surface area contributed by atoms with Gasteiger partial charge in [0.1, 0.15) is 5.75 Å². The molecule has 0 bridgehead atoms. The van der Waals surface area contributed by atoms with Crippen LogP contribution in [-0.4, -0.2) is 35.9 Å². The van der Waals surface area contributed by atoms with E-state index in [1.54, 1.807) is 54.6 Å². The van der Waals surface area contributed by atoms with Crippen molar-refractivity contribution in [1.82, 2.24) is 0 Å². The Morgan fingerprint density at radius 2 is 1.67 bits per heavy atom. The third-order valence-corrected chi connectivity index (χ3v) is 4.68. The van der Waals surface area contributed by atoms with E-state index < -0.39 is 23.0 Å². The Kier molecular flexibility index (Phi) is 7.69. The van der Waals surface area contributed by atoms with E-state index in [1.807, 2.05) is 0 Å². The lowest BCUT2D eigenvalue weighted by atomic mass is 10.2. The van der Waals surface area contributed by atoms with Crippen LogP contribution in [0.2, 0.25) is 0 Å². The minimum atomic E-state index is -1.40. The number of hydrogen-bond donors (Lipinski definition) is 2. The molecule has 2 aromatic carbocycles. The minimum Gasteiger partial charge on any atom is -0.549 e. The second-order valence-corrected chi connectivity index (χ2v) is 6.68. The first-order valence-electron chi connectivity index (χ1n) is 8.10. The number of para-hydroxylation sites is 3. The molecule has 1 atom stereocenters. The van der Waals surface area contributed by atoms with Crippen LogP contribution in [0, 0.1) is 0 Å². The summed E-state index contributed by atoms with van der Waals surface area (Å²) in [6.45, 7) is 0. The summed E-state index contributed by atoms with van der Waals surface area (Å²) in [5.74, 6) is -1.91. The minimum absolute atomic E-state index is 0.144. The van der Waals surface area contributed by atoms with Gasteiger partial charge in [0.15, 0.2) is 0 Å². The summed E-state index contributed by atoms with van der Waals surface area (Å²) in [5.41, 5.74) is 1.05. The highest BCUT2D eigenvalue weighted by Gasteiger charge is 2.18. The number of ether oxygens (including phenoxy) is 1. The van der Waals surface area contributed by atoms with E-state index in [1.165, 1.54) is 7.11 Å². The molecule has 142 valence electrons. The summed E-state index contributed by atoms with van der Waals surface area (Å²) >= 11 is 0.834. The van der Waals surface area contributed by atoms with Crippen molar-refractivity contribution in [2.45, 2.75) is 11.7 Å². The monoisotopic (exact) mass is 387 g/mol. The summed E-state index contributed by atoms with van der Waals surface area (Å²) in [5, 5.41) is 15.4. The van der Waals surface area contributed by atoms with E-state index in [9.17, 15) is 19.5 Å². The van der Waals surface area contributed by atoms with Crippen LogP contribution in [0.1, 0.15) is 6.42 Å². The molecular weight excluding hydrogens is 368 g/mol. The molecule has 0 saturated carbocycles. The molecule has 27 heavy (non-hydrogen) atoms. The Hall–Kier alpha value is -3.00. The number of rotatable bonds is 9. The van der Waals surface area contributed by atoms with Crippen LogP contribution in [0.25, 0.3) is 0 Å². The number of amides is 2. The first-order chi connectivity index (χ1) is 13.0. The van der Waals surface area contributed by atoms with Gasteiger partial charge in [-0.1, -0.05) is 30.3 Å². The fourth-order valence-electron chi connectivity index (χ4n) is 2.22. The van der Waals surface area contributed by atoms with Crippen LogP contribution in [0.15, 0.2) is 54.6 Å². The zero-order valence-electron chi connectivity index (χ0n) is 14.6. The van der Waals surface area contributed by atoms with Crippen molar-refractivity contribution in [2.24, 2.45) is 0 Å².